The number of thiophene rings is 1. The van der Waals surface area contributed by atoms with E-state index in [0.717, 1.165) is 44.0 Å². The molecule has 0 radical (unpaired) electrons. The minimum atomic E-state index is -1.45. The van der Waals surface area contributed by atoms with E-state index in [1.807, 2.05) is 91.5 Å². The average molecular weight is 577 g/mol. The predicted molar refractivity (Wildman–Crippen MR) is 164 cm³/mol. The van der Waals surface area contributed by atoms with E-state index in [0.29, 0.717) is 12.4 Å². The molecule has 0 amide bonds. The number of ether oxygens (including phenoxy) is 1. The van der Waals surface area contributed by atoms with Gasteiger partial charge in [-0.2, -0.15) is 0 Å². The third kappa shape index (κ3) is 7.63. The van der Waals surface area contributed by atoms with E-state index in [4.69, 9.17) is 10.1 Å². The number of rotatable bonds is 12. The lowest BCUT2D eigenvalue weighted by Crippen LogP contribution is -2.46. The van der Waals surface area contributed by atoms with Crippen molar-refractivity contribution in [2.45, 2.75) is 30.1 Å². The first kappa shape index (κ1) is 29.6. The van der Waals surface area contributed by atoms with E-state index in [1.54, 1.807) is 0 Å². The number of carbonyl (C=O) groups excluding carboxylic acids is 1. The van der Waals surface area contributed by atoms with Crippen molar-refractivity contribution in [1.29, 1.82) is 5.41 Å². The Bertz CT molecular complexity index is 1470. The predicted octanol–water partition coefficient (Wildman–Crippen LogP) is 5.00. The van der Waals surface area contributed by atoms with Gasteiger partial charge in [0.25, 0.3) is 0 Å². The molecule has 7 nitrogen and oxygen atoms in total. The van der Waals surface area contributed by atoms with Gasteiger partial charge in [-0.1, -0.05) is 66.7 Å². The van der Waals surface area contributed by atoms with Crippen LogP contribution in [0.15, 0.2) is 83.1 Å². The standard InChI is InChI=1S/C31H36N4O3S2/c1-22-10-13-26-19-29(39-28(26)18-22)40(37)33-20-27(31(36)38-4)35(3)21-24-11-14-25(15-12-24)30(32)34(2)17-16-23-8-6-5-7-9-23/h5-15,18-19,27,32-33H,16-17,20-21H2,1-4H3. The van der Waals surface area contributed by atoms with Crippen molar-refractivity contribution < 1.29 is 13.7 Å². The number of nitrogens with one attached hydrogen (secondary N) is 2. The lowest BCUT2D eigenvalue weighted by molar-refractivity contribution is -0.146. The van der Waals surface area contributed by atoms with Crippen molar-refractivity contribution in [3.05, 3.63) is 101 Å². The Kier molecular flexibility index (Phi) is 10.2. The maximum absolute atomic E-state index is 13.0. The molecule has 0 saturated carbocycles. The Morgan fingerprint density at radius 2 is 1.75 bits per heavy atom. The monoisotopic (exact) mass is 576 g/mol. The maximum atomic E-state index is 13.0. The van der Waals surface area contributed by atoms with Gasteiger partial charge in [-0.15, -0.1) is 11.3 Å². The zero-order valence-corrected chi connectivity index (χ0v) is 25.0. The fraction of sp³-hybridized carbons (Fsp3) is 0.290. The number of fused-ring (bicyclic) bond motifs is 1. The van der Waals surface area contributed by atoms with E-state index in [1.165, 1.54) is 24.0 Å². The van der Waals surface area contributed by atoms with Gasteiger partial charge in [-0.3, -0.25) is 15.1 Å². The number of hydrogen-bond donors (Lipinski definition) is 2. The summed E-state index contributed by atoms with van der Waals surface area (Å²) in [6.45, 7) is 3.46. The summed E-state index contributed by atoms with van der Waals surface area (Å²) >= 11 is 1.49. The second-order valence-corrected chi connectivity index (χ2v) is 12.5. The molecule has 1 aromatic heterocycles. The Labute approximate surface area is 242 Å². The van der Waals surface area contributed by atoms with E-state index >= 15 is 0 Å². The number of esters is 1. The van der Waals surface area contributed by atoms with Crippen molar-refractivity contribution in [3.63, 3.8) is 0 Å². The van der Waals surface area contributed by atoms with Crippen LogP contribution in [-0.2, 0) is 33.5 Å². The van der Waals surface area contributed by atoms with Gasteiger partial charge in [-0.25, -0.2) is 8.93 Å². The summed E-state index contributed by atoms with van der Waals surface area (Å²) in [5.41, 5.74) is 4.24. The van der Waals surface area contributed by atoms with Crippen molar-refractivity contribution in [2.75, 3.05) is 34.3 Å². The molecular weight excluding hydrogens is 541 g/mol. The second kappa shape index (κ2) is 13.8. The third-order valence-electron chi connectivity index (χ3n) is 6.87. The number of likely N-dealkylation sites (N-methyl/N-ethyl adjacent to an activating group) is 2. The maximum Gasteiger partial charge on any atom is 0.324 e. The zero-order chi connectivity index (χ0) is 28.6. The smallest absolute Gasteiger partial charge is 0.324 e. The van der Waals surface area contributed by atoms with E-state index in [-0.39, 0.29) is 6.54 Å². The number of carbonyl (C=O) groups is 1. The van der Waals surface area contributed by atoms with Gasteiger partial charge >= 0.3 is 5.97 Å². The van der Waals surface area contributed by atoms with Gasteiger partial charge in [0.1, 0.15) is 27.1 Å². The summed E-state index contributed by atoms with van der Waals surface area (Å²) in [6.07, 6.45) is 0.874. The van der Waals surface area contributed by atoms with Crippen LogP contribution in [0.2, 0.25) is 0 Å². The Morgan fingerprint density at radius 3 is 2.45 bits per heavy atom. The first-order valence-corrected chi connectivity index (χ1v) is 15.1. The molecular formula is C31H36N4O3S2. The van der Waals surface area contributed by atoms with Gasteiger partial charge in [0.2, 0.25) is 0 Å². The summed E-state index contributed by atoms with van der Waals surface area (Å²) in [4.78, 5) is 16.5. The topological polar surface area (TPSA) is 85.7 Å². The second-order valence-electron chi connectivity index (χ2n) is 9.88. The number of methoxy groups -OCH3 is 1. The van der Waals surface area contributed by atoms with Gasteiger partial charge < -0.3 is 9.64 Å². The molecule has 0 bridgehead atoms. The highest BCUT2D eigenvalue weighted by Gasteiger charge is 2.25. The molecule has 9 heteroatoms. The summed E-state index contributed by atoms with van der Waals surface area (Å²) in [5.74, 6) is 0.0729. The van der Waals surface area contributed by atoms with Crippen LogP contribution in [0.5, 0.6) is 0 Å². The highest BCUT2D eigenvalue weighted by molar-refractivity contribution is 7.85. The molecule has 0 aliphatic rings. The molecule has 0 aliphatic heterocycles. The molecule has 0 spiro atoms. The molecule has 2 N–H and O–H groups in total. The number of benzene rings is 3. The fourth-order valence-electron chi connectivity index (χ4n) is 4.43. The molecule has 0 saturated heterocycles. The molecule has 1 heterocycles. The molecule has 4 aromatic rings. The lowest BCUT2D eigenvalue weighted by Gasteiger charge is -2.26. The van der Waals surface area contributed by atoms with E-state index in [2.05, 4.69) is 22.9 Å². The quantitative estimate of drug-likeness (QED) is 0.141. The highest BCUT2D eigenvalue weighted by atomic mass is 32.2. The van der Waals surface area contributed by atoms with Crippen molar-refractivity contribution in [3.8, 4) is 0 Å². The molecule has 2 atom stereocenters. The molecule has 3 aromatic carbocycles. The fourth-order valence-corrected chi connectivity index (χ4v) is 6.75. The van der Waals surface area contributed by atoms with Crippen LogP contribution in [0.1, 0.15) is 22.3 Å². The number of aryl methyl sites for hydroxylation is 1. The van der Waals surface area contributed by atoms with Crippen molar-refractivity contribution >= 4 is 44.2 Å². The largest absolute Gasteiger partial charge is 0.468 e. The third-order valence-corrected chi connectivity index (χ3v) is 9.38. The average Bonchev–Trinajstić information content (AvgIpc) is 3.39. The normalized spacial score (nSPS) is 12.8. The van der Waals surface area contributed by atoms with Gasteiger partial charge in [0, 0.05) is 36.9 Å². The van der Waals surface area contributed by atoms with Crippen LogP contribution in [0.3, 0.4) is 0 Å². The Balaban J connectivity index is 1.34. The highest BCUT2D eigenvalue weighted by Crippen LogP contribution is 2.28. The molecule has 4 rings (SSSR count). The first-order chi connectivity index (χ1) is 19.2. The number of hydrogen-bond acceptors (Lipinski definition) is 6. The van der Waals surface area contributed by atoms with Crippen LogP contribution in [0, 0.1) is 12.3 Å². The zero-order valence-electron chi connectivity index (χ0n) is 23.3. The van der Waals surface area contributed by atoms with Crippen molar-refractivity contribution in [1.82, 2.24) is 14.5 Å². The van der Waals surface area contributed by atoms with Crippen LogP contribution >= 0.6 is 11.3 Å². The molecule has 0 fully saturated rings. The van der Waals surface area contributed by atoms with Crippen LogP contribution in [0.25, 0.3) is 10.1 Å². The summed E-state index contributed by atoms with van der Waals surface area (Å²) in [6, 6.07) is 25.6. The number of amidine groups is 1. The molecule has 0 aliphatic carbocycles. The van der Waals surface area contributed by atoms with Gasteiger partial charge in [0.05, 0.1) is 7.11 Å². The van der Waals surface area contributed by atoms with E-state index in [9.17, 15) is 9.00 Å². The van der Waals surface area contributed by atoms with E-state index < -0.39 is 23.0 Å². The van der Waals surface area contributed by atoms with Gasteiger partial charge in [-0.05, 0) is 54.6 Å². The number of nitrogens with zero attached hydrogens (tertiary/aromatic N) is 2. The van der Waals surface area contributed by atoms with Crippen LogP contribution < -0.4 is 4.72 Å². The summed E-state index contributed by atoms with van der Waals surface area (Å²) < 4.78 is 22.9. The SMILES string of the molecule is COC(=O)C(CNS(=O)c1cc2ccc(C)cc2s1)N(C)Cc1ccc(C(=N)N(C)CCc2ccccc2)cc1. The minimum absolute atomic E-state index is 0.179. The lowest BCUT2D eigenvalue weighted by atomic mass is 10.1. The van der Waals surface area contributed by atoms with Gasteiger partial charge in [0.15, 0.2) is 0 Å². The van der Waals surface area contributed by atoms with Crippen molar-refractivity contribution in [2.24, 2.45) is 0 Å². The van der Waals surface area contributed by atoms with Crippen LogP contribution in [0.4, 0.5) is 0 Å². The molecule has 40 heavy (non-hydrogen) atoms. The summed E-state index contributed by atoms with van der Waals surface area (Å²) in [7, 11) is 3.70. The molecule has 210 valence electrons. The summed E-state index contributed by atoms with van der Waals surface area (Å²) in [5, 5.41) is 9.65. The first-order valence-electron chi connectivity index (χ1n) is 13.1. The Hall–Kier alpha value is -3.37. The van der Waals surface area contributed by atoms with Crippen LogP contribution in [-0.4, -0.2) is 66.2 Å². The minimum Gasteiger partial charge on any atom is -0.468 e. The Morgan fingerprint density at radius 1 is 1.02 bits per heavy atom. The molecule has 2 unspecified atom stereocenters.